The molecule has 0 aliphatic rings. The van der Waals surface area contributed by atoms with Gasteiger partial charge in [-0.15, -0.1) is 11.3 Å². The molecule has 0 fully saturated rings. The molecule has 0 bridgehead atoms. The molecule has 0 saturated carbocycles. The number of halogens is 1. The average Bonchev–Trinajstić information content (AvgIpc) is 3.02. The molecule has 0 saturated heterocycles. The van der Waals surface area contributed by atoms with Gasteiger partial charge in [-0.3, -0.25) is 0 Å². The molecule has 2 aromatic rings. The molecule has 0 spiro atoms. The number of ether oxygens (including phenoxy) is 1. The molecule has 5 heteroatoms. The molecule has 2 rings (SSSR count). The van der Waals surface area contributed by atoms with E-state index in [0.717, 1.165) is 5.56 Å². The molecule has 0 N–H and O–H groups in total. The maximum absolute atomic E-state index is 11.6. The van der Waals surface area contributed by atoms with Crippen LogP contribution in [0.15, 0.2) is 41.8 Å². The van der Waals surface area contributed by atoms with Gasteiger partial charge in [0.05, 0.1) is 5.02 Å². The molecule has 0 aliphatic carbocycles. The van der Waals surface area contributed by atoms with E-state index in [4.69, 9.17) is 16.3 Å². The molecule has 0 unspecified atom stereocenters. The quantitative estimate of drug-likeness (QED) is 0.676. The lowest BCUT2D eigenvalue weighted by Crippen LogP contribution is -2.21. The monoisotopic (exact) mass is 353 g/mol. The van der Waals surface area contributed by atoms with Gasteiger partial charge >= 0.3 is 5.97 Å². The number of rotatable bonds is 6. The van der Waals surface area contributed by atoms with E-state index in [-0.39, 0.29) is 12.6 Å². The van der Waals surface area contributed by atoms with Gasteiger partial charge in [-0.05, 0) is 36.6 Å². The van der Waals surface area contributed by atoms with Crippen LogP contribution in [-0.2, 0) is 11.3 Å². The summed E-state index contributed by atoms with van der Waals surface area (Å²) < 4.78 is 5.14. The minimum absolute atomic E-state index is 0.272. The van der Waals surface area contributed by atoms with Crippen molar-refractivity contribution in [3.8, 4) is 0 Å². The van der Waals surface area contributed by atoms with Crippen LogP contribution in [0.1, 0.15) is 36.0 Å². The highest BCUT2D eigenvalue weighted by atomic mass is 35.5. The standard InChI is InChI=1S/C12H9ClO2S.C6H15N/c13-10-6-7-16-11(10)12(14)15-8-9-4-2-1-3-5-9;1-4-7(5-2)6-3/h1-7H,8H2;4-6H2,1-3H3. The Bertz CT molecular complexity index is 562. The second kappa shape index (κ2) is 11.2. The maximum atomic E-state index is 11.6. The first-order chi connectivity index (χ1) is 11.1. The zero-order valence-electron chi connectivity index (χ0n) is 13.9. The molecule has 126 valence electrons. The smallest absolute Gasteiger partial charge is 0.350 e. The van der Waals surface area contributed by atoms with Gasteiger partial charge in [-0.1, -0.05) is 62.7 Å². The summed E-state index contributed by atoms with van der Waals surface area (Å²) in [6.07, 6.45) is 0. The van der Waals surface area contributed by atoms with Crippen molar-refractivity contribution in [1.29, 1.82) is 0 Å². The number of nitrogens with zero attached hydrogens (tertiary/aromatic N) is 1. The van der Waals surface area contributed by atoms with Crippen LogP contribution < -0.4 is 0 Å². The van der Waals surface area contributed by atoms with Crippen LogP contribution in [0.3, 0.4) is 0 Å². The van der Waals surface area contributed by atoms with E-state index in [1.807, 2.05) is 30.3 Å². The summed E-state index contributed by atoms with van der Waals surface area (Å²) in [6, 6.07) is 11.2. The Morgan fingerprint density at radius 1 is 1.09 bits per heavy atom. The van der Waals surface area contributed by atoms with E-state index in [0.29, 0.717) is 9.90 Å². The second-order valence-corrected chi connectivity index (χ2v) is 6.10. The van der Waals surface area contributed by atoms with E-state index >= 15 is 0 Å². The van der Waals surface area contributed by atoms with Crippen molar-refractivity contribution in [1.82, 2.24) is 4.90 Å². The summed E-state index contributed by atoms with van der Waals surface area (Å²) in [4.78, 5) is 14.4. The first kappa shape index (κ1) is 19.7. The third kappa shape index (κ3) is 7.16. The lowest BCUT2D eigenvalue weighted by Gasteiger charge is -2.13. The Labute approximate surface area is 147 Å². The molecule has 0 aliphatic heterocycles. The number of thiophene rings is 1. The van der Waals surface area contributed by atoms with Gasteiger partial charge in [0, 0.05) is 0 Å². The van der Waals surface area contributed by atoms with Gasteiger partial charge < -0.3 is 9.64 Å². The van der Waals surface area contributed by atoms with Gasteiger partial charge in [-0.2, -0.15) is 0 Å². The zero-order valence-corrected chi connectivity index (χ0v) is 15.5. The second-order valence-electron chi connectivity index (χ2n) is 4.78. The third-order valence-corrected chi connectivity index (χ3v) is 4.68. The van der Waals surface area contributed by atoms with Crippen molar-refractivity contribution in [2.75, 3.05) is 19.6 Å². The van der Waals surface area contributed by atoms with E-state index in [9.17, 15) is 4.79 Å². The predicted octanol–water partition coefficient (Wildman–Crippen LogP) is 5.11. The van der Waals surface area contributed by atoms with Crippen LogP contribution in [0.25, 0.3) is 0 Å². The fourth-order valence-corrected chi connectivity index (χ4v) is 2.92. The molecule has 1 heterocycles. The van der Waals surface area contributed by atoms with Crippen molar-refractivity contribution in [2.45, 2.75) is 27.4 Å². The van der Waals surface area contributed by atoms with Crippen LogP contribution in [0.5, 0.6) is 0 Å². The molecular formula is C18H24ClNO2S. The number of carbonyl (C=O) groups is 1. The highest BCUT2D eigenvalue weighted by molar-refractivity contribution is 7.12. The van der Waals surface area contributed by atoms with E-state index in [2.05, 4.69) is 25.7 Å². The average molecular weight is 354 g/mol. The summed E-state index contributed by atoms with van der Waals surface area (Å²) in [5.41, 5.74) is 0.962. The zero-order chi connectivity index (χ0) is 17.1. The van der Waals surface area contributed by atoms with Crippen molar-refractivity contribution in [2.24, 2.45) is 0 Å². The molecule has 1 aromatic carbocycles. The van der Waals surface area contributed by atoms with Gasteiger partial charge in [0.2, 0.25) is 0 Å². The Morgan fingerprint density at radius 3 is 2.13 bits per heavy atom. The molecule has 3 nitrogen and oxygen atoms in total. The predicted molar refractivity (Wildman–Crippen MR) is 98.4 cm³/mol. The van der Waals surface area contributed by atoms with Crippen LogP contribution in [0.2, 0.25) is 5.02 Å². The molecule has 0 amide bonds. The van der Waals surface area contributed by atoms with Crippen LogP contribution in [0, 0.1) is 0 Å². The van der Waals surface area contributed by atoms with Crippen molar-refractivity contribution in [3.63, 3.8) is 0 Å². The number of esters is 1. The largest absolute Gasteiger partial charge is 0.457 e. The molecular weight excluding hydrogens is 330 g/mol. The summed E-state index contributed by atoms with van der Waals surface area (Å²) in [7, 11) is 0. The number of benzene rings is 1. The van der Waals surface area contributed by atoms with Crippen molar-refractivity contribution >= 4 is 28.9 Å². The van der Waals surface area contributed by atoms with Crippen LogP contribution in [0.4, 0.5) is 0 Å². The Balaban J connectivity index is 0.000000322. The maximum Gasteiger partial charge on any atom is 0.350 e. The summed E-state index contributed by atoms with van der Waals surface area (Å²) >= 11 is 7.11. The van der Waals surface area contributed by atoms with Gasteiger partial charge in [0.25, 0.3) is 0 Å². The highest BCUT2D eigenvalue weighted by Crippen LogP contribution is 2.23. The fraction of sp³-hybridized carbons (Fsp3) is 0.389. The van der Waals surface area contributed by atoms with Crippen LogP contribution >= 0.6 is 22.9 Å². The fourth-order valence-electron chi connectivity index (χ4n) is 1.90. The lowest BCUT2D eigenvalue weighted by molar-refractivity contribution is 0.0479. The first-order valence-electron chi connectivity index (χ1n) is 7.78. The third-order valence-electron chi connectivity index (χ3n) is 3.36. The van der Waals surface area contributed by atoms with E-state index in [1.165, 1.54) is 31.0 Å². The highest BCUT2D eigenvalue weighted by Gasteiger charge is 2.13. The number of carbonyl (C=O) groups excluding carboxylic acids is 1. The summed E-state index contributed by atoms with van der Waals surface area (Å²) in [5.74, 6) is -0.371. The Morgan fingerprint density at radius 2 is 1.70 bits per heavy atom. The summed E-state index contributed by atoms with van der Waals surface area (Å²) in [6.45, 7) is 10.4. The molecule has 0 atom stereocenters. The van der Waals surface area contributed by atoms with Gasteiger partial charge in [0.1, 0.15) is 11.5 Å². The van der Waals surface area contributed by atoms with Crippen LogP contribution in [-0.4, -0.2) is 30.5 Å². The normalized spacial score (nSPS) is 10.1. The Kier molecular flexibility index (Phi) is 9.60. The minimum atomic E-state index is -0.371. The van der Waals surface area contributed by atoms with Crippen molar-refractivity contribution in [3.05, 3.63) is 57.2 Å². The van der Waals surface area contributed by atoms with Gasteiger partial charge in [0.15, 0.2) is 0 Å². The van der Waals surface area contributed by atoms with Gasteiger partial charge in [-0.25, -0.2) is 4.79 Å². The van der Waals surface area contributed by atoms with E-state index in [1.54, 1.807) is 11.4 Å². The Hall–Kier alpha value is -1.36. The van der Waals surface area contributed by atoms with E-state index < -0.39 is 0 Å². The lowest BCUT2D eigenvalue weighted by atomic mass is 10.2. The number of hydrogen-bond acceptors (Lipinski definition) is 4. The summed E-state index contributed by atoms with van der Waals surface area (Å²) in [5, 5.41) is 2.21. The number of hydrogen-bond donors (Lipinski definition) is 0. The molecule has 1 aromatic heterocycles. The SMILES string of the molecule is CCN(CC)CC.O=C(OCc1ccccc1)c1sccc1Cl. The first-order valence-corrected chi connectivity index (χ1v) is 9.04. The minimum Gasteiger partial charge on any atom is -0.457 e. The van der Waals surface area contributed by atoms with Crippen molar-refractivity contribution < 1.29 is 9.53 Å². The molecule has 23 heavy (non-hydrogen) atoms. The topological polar surface area (TPSA) is 29.5 Å². The molecule has 0 radical (unpaired) electrons.